The van der Waals surface area contributed by atoms with Gasteiger partial charge in [0.2, 0.25) is 10.0 Å². The number of piperidine rings is 1. The molecule has 3 heterocycles. The maximum absolute atomic E-state index is 15.2. The Hall–Kier alpha value is -2.92. The van der Waals surface area contributed by atoms with E-state index in [0.717, 1.165) is 12.1 Å². The van der Waals surface area contributed by atoms with Gasteiger partial charge in [-0.25, -0.2) is 21.6 Å². The third kappa shape index (κ3) is 4.61. The second kappa shape index (κ2) is 9.85. The Morgan fingerprint density at radius 2 is 1.72 bits per heavy atom. The van der Waals surface area contributed by atoms with Crippen LogP contribution in [-0.4, -0.2) is 52.8 Å². The van der Waals surface area contributed by atoms with Crippen molar-refractivity contribution in [2.75, 3.05) is 18.0 Å². The molecule has 2 aliphatic rings. The van der Waals surface area contributed by atoms with E-state index in [1.54, 1.807) is 35.8 Å². The molecule has 0 amide bonds. The number of anilines is 1. The van der Waals surface area contributed by atoms with Crippen molar-refractivity contribution in [1.82, 2.24) is 19.1 Å². The maximum atomic E-state index is 15.2. The van der Waals surface area contributed by atoms with Crippen LogP contribution in [0.2, 0.25) is 0 Å². The van der Waals surface area contributed by atoms with E-state index in [1.165, 1.54) is 21.9 Å². The molecule has 2 saturated heterocycles. The van der Waals surface area contributed by atoms with Crippen LogP contribution in [0.5, 0.6) is 0 Å². The van der Waals surface area contributed by atoms with E-state index in [1.807, 2.05) is 6.07 Å². The smallest absolute Gasteiger partial charge is 0.221 e. The Morgan fingerprint density at radius 1 is 1.00 bits per heavy atom. The van der Waals surface area contributed by atoms with Gasteiger partial charge in [-0.1, -0.05) is 30.3 Å². The average molecular weight is 520 g/mol. The highest BCUT2D eigenvalue weighted by Gasteiger charge is 2.41. The summed E-state index contributed by atoms with van der Waals surface area (Å²) in [4.78, 5) is 1.49. The first-order valence-electron chi connectivity index (χ1n) is 12.0. The number of hydrogen-bond donors (Lipinski definition) is 0. The third-order valence-electron chi connectivity index (χ3n) is 7.31. The van der Waals surface area contributed by atoms with Crippen molar-refractivity contribution >= 4 is 15.7 Å². The third-order valence-corrected chi connectivity index (χ3v) is 9.68. The monoisotopic (exact) mass is 519 g/mol. The molecule has 0 spiro atoms. The number of hydrogen-bond acceptors (Lipinski definition) is 5. The molecule has 3 aromatic rings. The lowest BCUT2D eigenvalue weighted by molar-refractivity contribution is 0.199. The lowest BCUT2D eigenvalue weighted by Gasteiger charge is -2.38. The van der Waals surface area contributed by atoms with Gasteiger partial charge in [-0.2, -0.15) is 4.31 Å². The van der Waals surface area contributed by atoms with Crippen LogP contribution in [0, 0.1) is 11.6 Å². The van der Waals surface area contributed by atoms with Crippen LogP contribution in [0.3, 0.4) is 0 Å². The van der Waals surface area contributed by atoms with Crippen molar-refractivity contribution in [2.45, 2.75) is 56.2 Å². The molecule has 7 nitrogen and oxygen atoms in total. The maximum Gasteiger partial charge on any atom is 0.221 e. The van der Waals surface area contributed by atoms with Crippen molar-refractivity contribution in [3.05, 3.63) is 77.9 Å². The molecule has 5 rings (SSSR count). The highest BCUT2D eigenvalue weighted by molar-refractivity contribution is 7.89. The van der Waals surface area contributed by atoms with Crippen LogP contribution in [0.25, 0.3) is 0 Å². The van der Waals surface area contributed by atoms with Crippen LogP contribution in [0.1, 0.15) is 48.6 Å². The Balaban J connectivity index is 1.35. The van der Waals surface area contributed by atoms with Crippen LogP contribution >= 0.6 is 0 Å². The van der Waals surface area contributed by atoms with Crippen molar-refractivity contribution in [3.63, 3.8) is 0 Å². The van der Waals surface area contributed by atoms with E-state index in [9.17, 15) is 12.8 Å². The Morgan fingerprint density at radius 3 is 2.42 bits per heavy atom. The topological polar surface area (TPSA) is 71.3 Å². The molecule has 11 heteroatoms. The van der Waals surface area contributed by atoms with E-state index >= 15 is 8.78 Å². The molecular formula is C25H28F3N5O2S. The number of sulfonamides is 1. The van der Waals surface area contributed by atoms with E-state index in [2.05, 4.69) is 10.2 Å². The molecule has 0 radical (unpaired) electrons. The van der Waals surface area contributed by atoms with Gasteiger partial charge in [0.05, 0.1) is 18.3 Å². The second-order valence-corrected chi connectivity index (χ2v) is 11.6. The number of rotatable bonds is 5. The molecular weight excluding hydrogens is 491 g/mol. The van der Waals surface area contributed by atoms with Crippen LogP contribution in [0.4, 0.5) is 18.9 Å². The standard InChI is InChI=1S/C25H28F3N5O2S/c1-17-7-8-25(18-5-3-2-4-6-18)36(34,35)33(17)13-19-11-21(27)24(12-20(19)26)31-10-9-23(22(28)14-31)32-15-29-30-16-32/h2-6,11-12,15-17,22-23,25H,7-10,13-14H2,1H3/t17-,22+,23-,25+/m0/s1. The summed E-state index contributed by atoms with van der Waals surface area (Å²) >= 11 is 0. The summed E-state index contributed by atoms with van der Waals surface area (Å²) in [7, 11) is -3.79. The number of alkyl halides is 1. The Labute approximate surface area is 208 Å². The zero-order valence-electron chi connectivity index (χ0n) is 19.8. The van der Waals surface area contributed by atoms with Crippen LogP contribution < -0.4 is 4.90 Å². The van der Waals surface area contributed by atoms with Crippen molar-refractivity contribution in [2.24, 2.45) is 0 Å². The van der Waals surface area contributed by atoms with Crippen LogP contribution in [-0.2, 0) is 16.6 Å². The Bertz CT molecular complexity index is 1310. The molecule has 0 aliphatic carbocycles. The van der Waals surface area contributed by atoms with Crippen LogP contribution in [0.15, 0.2) is 55.1 Å². The summed E-state index contributed by atoms with van der Waals surface area (Å²) in [6.07, 6.45) is 3.04. The summed E-state index contributed by atoms with van der Waals surface area (Å²) in [5.74, 6) is -1.42. The van der Waals surface area contributed by atoms with Crippen molar-refractivity contribution < 1.29 is 21.6 Å². The number of benzene rings is 2. The molecule has 0 N–H and O–H groups in total. The van der Waals surface area contributed by atoms with Gasteiger partial charge in [-0.05, 0) is 37.8 Å². The van der Waals surface area contributed by atoms with Gasteiger partial charge in [-0.3, -0.25) is 0 Å². The number of halogens is 3. The van der Waals surface area contributed by atoms with Gasteiger partial charge in [0.15, 0.2) is 0 Å². The minimum absolute atomic E-state index is 0.0298. The first-order valence-corrected chi connectivity index (χ1v) is 13.5. The fourth-order valence-electron chi connectivity index (χ4n) is 5.29. The highest BCUT2D eigenvalue weighted by atomic mass is 32.2. The first kappa shape index (κ1) is 24.8. The second-order valence-electron chi connectivity index (χ2n) is 9.54. The van der Waals surface area contributed by atoms with Gasteiger partial charge in [-0.15, -0.1) is 10.2 Å². The molecule has 36 heavy (non-hydrogen) atoms. The zero-order valence-corrected chi connectivity index (χ0v) is 20.7. The summed E-state index contributed by atoms with van der Waals surface area (Å²) in [5.41, 5.74) is 0.612. The molecule has 0 unspecified atom stereocenters. The molecule has 2 aromatic carbocycles. The molecule has 2 aliphatic heterocycles. The van der Waals surface area contributed by atoms with Gasteiger partial charge in [0.25, 0.3) is 0 Å². The molecule has 192 valence electrons. The fraction of sp³-hybridized carbons (Fsp3) is 0.440. The van der Waals surface area contributed by atoms with E-state index in [-0.39, 0.29) is 30.4 Å². The lowest BCUT2D eigenvalue weighted by Crippen LogP contribution is -2.45. The van der Waals surface area contributed by atoms with Gasteiger partial charge < -0.3 is 9.47 Å². The minimum Gasteiger partial charge on any atom is -0.366 e. The normalized spacial score (nSPS) is 26.7. The SMILES string of the molecule is C[C@H]1CC[C@H](c2ccccc2)S(=O)(=O)N1Cc1cc(F)c(N2CC[C@H](n3cnnc3)[C@H](F)C2)cc1F. The summed E-state index contributed by atoms with van der Waals surface area (Å²) in [6, 6.07) is 10.2. The summed E-state index contributed by atoms with van der Waals surface area (Å²) in [5, 5.41) is 6.69. The van der Waals surface area contributed by atoms with E-state index in [4.69, 9.17) is 0 Å². The fourth-order valence-corrected chi connectivity index (χ4v) is 7.48. The molecule has 0 saturated carbocycles. The lowest BCUT2D eigenvalue weighted by atomic mass is 10.0. The first-order chi connectivity index (χ1) is 17.3. The summed E-state index contributed by atoms with van der Waals surface area (Å²) in [6.45, 7) is 1.74. The summed E-state index contributed by atoms with van der Waals surface area (Å²) < 4.78 is 75.0. The molecule has 4 atom stereocenters. The average Bonchev–Trinajstić information content (AvgIpc) is 3.38. The highest BCUT2D eigenvalue weighted by Crippen LogP contribution is 2.39. The molecule has 0 bridgehead atoms. The predicted octanol–water partition coefficient (Wildman–Crippen LogP) is 4.40. The number of aromatic nitrogens is 3. The quantitative estimate of drug-likeness (QED) is 0.500. The molecule has 1 aromatic heterocycles. The van der Waals surface area contributed by atoms with Gasteiger partial charge in [0, 0.05) is 30.8 Å². The van der Waals surface area contributed by atoms with Gasteiger partial charge in [0.1, 0.15) is 35.7 Å². The van der Waals surface area contributed by atoms with E-state index < -0.39 is 39.1 Å². The van der Waals surface area contributed by atoms with Crippen molar-refractivity contribution in [1.29, 1.82) is 0 Å². The largest absolute Gasteiger partial charge is 0.366 e. The minimum atomic E-state index is -3.79. The zero-order chi connectivity index (χ0) is 25.4. The Kier molecular flexibility index (Phi) is 6.78. The molecule has 2 fully saturated rings. The van der Waals surface area contributed by atoms with Crippen molar-refractivity contribution in [3.8, 4) is 0 Å². The van der Waals surface area contributed by atoms with E-state index in [0.29, 0.717) is 31.4 Å². The number of nitrogens with zero attached hydrogens (tertiary/aromatic N) is 5. The predicted molar refractivity (Wildman–Crippen MR) is 129 cm³/mol. The van der Waals surface area contributed by atoms with Gasteiger partial charge >= 0.3 is 0 Å².